The third-order valence-electron chi connectivity index (χ3n) is 2.21. The zero-order chi connectivity index (χ0) is 6.04. The molecule has 0 aromatic heterocycles. The van der Waals surface area contributed by atoms with Crippen LogP contribution in [0.15, 0.2) is 0 Å². The second-order valence-electron chi connectivity index (χ2n) is 3.72. The second kappa shape index (κ2) is 2.92. The van der Waals surface area contributed by atoms with Crippen LogP contribution in [0.4, 0.5) is 0 Å². The Labute approximate surface area is 63.1 Å². The highest BCUT2D eigenvalue weighted by atomic mass is 30.1. The molecule has 6 heteroatoms. The maximum Gasteiger partial charge on any atom is 0.0155 e. The summed E-state index contributed by atoms with van der Waals surface area (Å²) in [7, 11) is 3.95. The van der Waals surface area contributed by atoms with Crippen LogP contribution >= 0.6 is 0 Å². The molecule has 8 heavy (non-hydrogen) atoms. The molecule has 0 N–H and O–H groups in total. The lowest BCUT2D eigenvalue weighted by molar-refractivity contribution is 2.05. The summed E-state index contributed by atoms with van der Waals surface area (Å²) in [6, 6.07) is 0. The lowest BCUT2D eigenvalue weighted by Crippen LogP contribution is -2.55. The summed E-state index contributed by atoms with van der Waals surface area (Å²) >= 11 is 0. The maximum atomic E-state index is 2.74. The van der Waals surface area contributed by atoms with Crippen LogP contribution in [0.25, 0.3) is 0 Å². The molecule has 0 amide bonds. The minimum Gasteiger partial charge on any atom is -0.0745 e. The SMILES string of the molecule is C[Si]1(C)[SiH2][SiH2][SiH2][SiH2][SiH2]1. The Kier molecular flexibility index (Phi) is 2.71. The number of rotatable bonds is 0. The van der Waals surface area contributed by atoms with Gasteiger partial charge in [-0.25, -0.2) is 0 Å². The van der Waals surface area contributed by atoms with Crippen LogP contribution in [-0.2, 0) is 0 Å². The first-order chi connectivity index (χ1) is 3.71. The summed E-state index contributed by atoms with van der Waals surface area (Å²) < 4.78 is 0. The van der Waals surface area contributed by atoms with Crippen LogP contribution in [0.1, 0.15) is 0 Å². The van der Waals surface area contributed by atoms with Crippen LogP contribution in [0.2, 0.25) is 13.1 Å². The van der Waals surface area contributed by atoms with Crippen molar-refractivity contribution >= 4 is 49.9 Å². The van der Waals surface area contributed by atoms with Gasteiger partial charge in [-0.15, -0.1) is 0 Å². The first-order valence-corrected chi connectivity index (χ1v) is 27.4. The van der Waals surface area contributed by atoms with Crippen molar-refractivity contribution < 1.29 is 0 Å². The lowest BCUT2D eigenvalue weighted by atomic mass is 11.9. The fraction of sp³-hybridized carbons (Fsp3) is 1.00. The van der Waals surface area contributed by atoms with Crippen molar-refractivity contribution in [2.24, 2.45) is 0 Å². The van der Waals surface area contributed by atoms with Gasteiger partial charge in [0.25, 0.3) is 0 Å². The molecular weight excluding hydrogens is 193 g/mol. The molecule has 0 aliphatic carbocycles. The normalized spacial score (nSPS) is 42.8. The van der Waals surface area contributed by atoms with E-state index in [4.69, 9.17) is 0 Å². The molecule has 1 aliphatic heterocycles. The van der Waals surface area contributed by atoms with Crippen molar-refractivity contribution in [2.75, 3.05) is 0 Å². The minimum atomic E-state index is -0.155. The molecule has 1 rings (SSSR count). The molecule has 0 unspecified atom stereocenters. The van der Waals surface area contributed by atoms with E-state index in [0.717, 1.165) is 42.8 Å². The standard InChI is InChI=1S/C2H16Si6/c1-8(2)6-4-3-5-7-8/h3-7H2,1-2H3. The van der Waals surface area contributed by atoms with Crippen molar-refractivity contribution in [3.63, 3.8) is 0 Å². The van der Waals surface area contributed by atoms with Crippen LogP contribution < -0.4 is 0 Å². The van der Waals surface area contributed by atoms with Gasteiger partial charge in [-0.2, -0.15) is 0 Å². The van der Waals surface area contributed by atoms with Gasteiger partial charge in [-0.1, -0.05) is 13.1 Å². The Bertz CT molecular complexity index is 70.6. The quantitative estimate of drug-likeness (QED) is 0.359. The molecule has 0 saturated carbocycles. The van der Waals surface area contributed by atoms with Gasteiger partial charge in [0, 0.05) is 7.11 Å². The number of hydrogen-bond acceptors (Lipinski definition) is 0. The molecule has 1 fully saturated rings. The van der Waals surface area contributed by atoms with Crippen LogP contribution in [0.5, 0.6) is 0 Å². The van der Waals surface area contributed by atoms with Gasteiger partial charge < -0.3 is 0 Å². The third kappa shape index (κ3) is 2.27. The molecule has 0 bridgehead atoms. The summed E-state index contributed by atoms with van der Waals surface area (Å²) in [5.74, 6) is 0. The van der Waals surface area contributed by atoms with Crippen LogP contribution in [0.3, 0.4) is 0 Å². The fourth-order valence-corrected chi connectivity index (χ4v) is 252. The van der Waals surface area contributed by atoms with Crippen molar-refractivity contribution in [2.45, 2.75) is 13.1 Å². The van der Waals surface area contributed by atoms with Gasteiger partial charge in [0.2, 0.25) is 0 Å². The maximum absolute atomic E-state index is 2.74. The van der Waals surface area contributed by atoms with Gasteiger partial charge >= 0.3 is 0 Å². The highest BCUT2D eigenvalue weighted by molar-refractivity contribution is 7.84. The summed E-state index contributed by atoms with van der Waals surface area (Å²) in [5, 5.41) is 0. The lowest BCUT2D eigenvalue weighted by Gasteiger charge is -2.24. The molecule has 48 valence electrons. The fourth-order valence-electron chi connectivity index (χ4n) is 1.51. The van der Waals surface area contributed by atoms with Crippen LogP contribution in [-0.4, -0.2) is 49.9 Å². The Morgan fingerprint density at radius 2 is 1.38 bits per heavy atom. The van der Waals surface area contributed by atoms with E-state index in [9.17, 15) is 0 Å². The van der Waals surface area contributed by atoms with Gasteiger partial charge in [-0.3, -0.25) is 0 Å². The van der Waals surface area contributed by atoms with Gasteiger partial charge in [0.15, 0.2) is 0 Å². The summed E-state index contributed by atoms with van der Waals surface area (Å²) in [4.78, 5) is 0. The zero-order valence-electron chi connectivity index (χ0n) is 6.04. The van der Waals surface area contributed by atoms with Crippen molar-refractivity contribution in [3.8, 4) is 0 Å². The van der Waals surface area contributed by atoms with Gasteiger partial charge in [0.05, 0.1) is 0 Å². The summed E-state index contributed by atoms with van der Waals surface area (Å²) in [6.45, 7) is 5.47. The van der Waals surface area contributed by atoms with E-state index in [1.807, 2.05) is 0 Å². The summed E-state index contributed by atoms with van der Waals surface area (Å²) in [6.07, 6.45) is 0. The van der Waals surface area contributed by atoms with E-state index in [2.05, 4.69) is 13.1 Å². The van der Waals surface area contributed by atoms with Gasteiger partial charge in [-0.05, 0) is 42.8 Å². The Morgan fingerprint density at radius 3 is 1.62 bits per heavy atom. The number of hydrogen-bond donors (Lipinski definition) is 0. The van der Waals surface area contributed by atoms with E-state index in [0.29, 0.717) is 0 Å². The largest absolute Gasteiger partial charge is 0.0745 e. The highest BCUT2D eigenvalue weighted by Gasteiger charge is 2.23. The predicted molar refractivity (Wildman–Crippen MR) is 60.2 cm³/mol. The molecule has 0 radical (unpaired) electrons. The zero-order valence-corrected chi connectivity index (χ0v) is 14.1. The van der Waals surface area contributed by atoms with E-state index >= 15 is 0 Å². The molecule has 0 nitrogen and oxygen atoms in total. The first-order valence-electron chi connectivity index (χ1n) is 3.71. The molecular formula is C2H16Si6. The molecule has 1 heterocycles. The predicted octanol–water partition coefficient (Wildman–Crippen LogP) is -3.79. The first kappa shape index (κ1) is 7.41. The van der Waals surface area contributed by atoms with Crippen molar-refractivity contribution in [3.05, 3.63) is 0 Å². The molecule has 0 aromatic carbocycles. The van der Waals surface area contributed by atoms with Crippen molar-refractivity contribution in [1.29, 1.82) is 0 Å². The molecule has 1 saturated heterocycles. The summed E-state index contributed by atoms with van der Waals surface area (Å²) in [5.41, 5.74) is 0. The Hall–Kier alpha value is 1.30. The van der Waals surface area contributed by atoms with E-state index in [1.165, 1.54) is 0 Å². The highest BCUT2D eigenvalue weighted by Crippen LogP contribution is 1.97. The van der Waals surface area contributed by atoms with Crippen molar-refractivity contribution in [1.82, 2.24) is 0 Å². The molecule has 1 aliphatic rings. The Balaban J connectivity index is 2.33. The topological polar surface area (TPSA) is 0 Å². The van der Waals surface area contributed by atoms with E-state index in [1.54, 1.807) is 0 Å². The third-order valence-corrected chi connectivity index (χ3v) is 125. The van der Waals surface area contributed by atoms with E-state index < -0.39 is 0 Å². The van der Waals surface area contributed by atoms with Crippen LogP contribution in [0, 0.1) is 0 Å². The van der Waals surface area contributed by atoms with Gasteiger partial charge in [0.1, 0.15) is 0 Å². The average Bonchev–Trinajstić information content (AvgIpc) is 1.65. The minimum absolute atomic E-state index is 0.155. The van der Waals surface area contributed by atoms with E-state index in [-0.39, 0.29) is 7.11 Å². The monoisotopic (exact) mass is 208 g/mol. The molecule has 0 spiro atoms. The Morgan fingerprint density at radius 1 is 0.875 bits per heavy atom. The second-order valence-corrected chi connectivity index (χ2v) is 63.1. The molecule has 0 atom stereocenters. The smallest absolute Gasteiger partial charge is 0.0155 e. The average molecular weight is 209 g/mol. The molecule has 0 aromatic rings.